The summed E-state index contributed by atoms with van der Waals surface area (Å²) in [5.74, 6) is -1.44. The van der Waals surface area contributed by atoms with Crippen molar-refractivity contribution in [1.29, 1.82) is 0 Å². The average molecular weight is 439 g/mol. The third-order valence-corrected chi connectivity index (χ3v) is 5.80. The van der Waals surface area contributed by atoms with Crippen molar-refractivity contribution in [3.8, 4) is 11.1 Å². The van der Waals surface area contributed by atoms with E-state index in [1.807, 2.05) is 24.3 Å². The Labute approximate surface area is 188 Å². The molecule has 1 aliphatic rings. The average Bonchev–Trinajstić information content (AvgIpc) is 3.08. The van der Waals surface area contributed by atoms with E-state index in [1.54, 1.807) is 20.8 Å². The quantitative estimate of drug-likeness (QED) is 0.548. The minimum atomic E-state index is -1.06. The topological polar surface area (TPSA) is 105 Å². The van der Waals surface area contributed by atoms with Crippen LogP contribution in [-0.2, 0) is 14.3 Å². The number of nitrogens with one attached hydrogen (secondary N) is 2. The van der Waals surface area contributed by atoms with Crippen molar-refractivity contribution in [3.63, 3.8) is 0 Å². The van der Waals surface area contributed by atoms with Crippen LogP contribution in [0.5, 0.6) is 0 Å². The lowest BCUT2D eigenvalue weighted by molar-refractivity contribution is -0.141. The number of carboxylic acids is 1. The van der Waals surface area contributed by atoms with E-state index in [-0.39, 0.29) is 24.9 Å². The number of amides is 2. The van der Waals surface area contributed by atoms with Gasteiger partial charge in [0.2, 0.25) is 5.91 Å². The summed E-state index contributed by atoms with van der Waals surface area (Å²) in [7, 11) is 0. The molecule has 3 rings (SSSR count). The second-order valence-corrected chi connectivity index (χ2v) is 8.70. The molecule has 0 spiro atoms. The number of carbonyl (C=O) groups is 3. The van der Waals surface area contributed by atoms with E-state index in [0.29, 0.717) is 12.8 Å². The number of carbonyl (C=O) groups excluding carboxylic acids is 2. The van der Waals surface area contributed by atoms with Gasteiger partial charge in [0.25, 0.3) is 0 Å². The Hall–Kier alpha value is -3.35. The van der Waals surface area contributed by atoms with E-state index < -0.39 is 23.6 Å². The molecule has 1 aliphatic carbocycles. The van der Waals surface area contributed by atoms with Gasteiger partial charge in [-0.2, -0.15) is 0 Å². The normalized spacial score (nSPS) is 13.6. The first-order valence-corrected chi connectivity index (χ1v) is 10.9. The third kappa shape index (κ3) is 5.46. The van der Waals surface area contributed by atoms with Crippen LogP contribution in [0, 0.1) is 0 Å². The number of ether oxygens (including phenoxy) is 1. The summed E-state index contributed by atoms with van der Waals surface area (Å²) in [6.45, 7) is 5.52. The van der Waals surface area contributed by atoms with Gasteiger partial charge in [-0.1, -0.05) is 55.5 Å². The Morgan fingerprint density at radius 3 is 2.12 bits per heavy atom. The lowest BCUT2D eigenvalue weighted by Crippen LogP contribution is -2.46. The first kappa shape index (κ1) is 23.3. The molecule has 0 aromatic heterocycles. The lowest BCUT2D eigenvalue weighted by Gasteiger charge is -2.26. The Bertz CT molecular complexity index is 956. The highest BCUT2D eigenvalue weighted by Crippen LogP contribution is 2.44. The van der Waals surface area contributed by atoms with Crippen molar-refractivity contribution in [2.45, 2.75) is 57.5 Å². The molecule has 0 unspecified atom stereocenters. The Morgan fingerprint density at radius 2 is 1.59 bits per heavy atom. The van der Waals surface area contributed by atoms with E-state index in [4.69, 9.17) is 9.84 Å². The van der Waals surface area contributed by atoms with Crippen molar-refractivity contribution in [2.75, 3.05) is 6.61 Å². The molecule has 32 heavy (non-hydrogen) atoms. The van der Waals surface area contributed by atoms with Crippen LogP contribution in [0.2, 0.25) is 0 Å². The van der Waals surface area contributed by atoms with Crippen molar-refractivity contribution in [3.05, 3.63) is 59.7 Å². The van der Waals surface area contributed by atoms with E-state index >= 15 is 0 Å². The molecule has 0 bridgehead atoms. The summed E-state index contributed by atoms with van der Waals surface area (Å²) < 4.78 is 5.57. The third-order valence-electron chi connectivity index (χ3n) is 5.80. The van der Waals surface area contributed by atoms with Gasteiger partial charge in [-0.05, 0) is 48.9 Å². The maximum atomic E-state index is 12.5. The molecule has 0 aliphatic heterocycles. The van der Waals surface area contributed by atoms with E-state index in [0.717, 1.165) is 22.3 Å². The van der Waals surface area contributed by atoms with Crippen LogP contribution in [0.4, 0.5) is 4.79 Å². The van der Waals surface area contributed by atoms with Crippen LogP contribution in [0.1, 0.15) is 57.1 Å². The Kier molecular flexibility index (Phi) is 7.18. The summed E-state index contributed by atoms with van der Waals surface area (Å²) in [5.41, 5.74) is 3.92. The van der Waals surface area contributed by atoms with Crippen LogP contribution in [0.15, 0.2) is 48.5 Å². The van der Waals surface area contributed by atoms with Crippen molar-refractivity contribution >= 4 is 18.0 Å². The second-order valence-electron chi connectivity index (χ2n) is 8.70. The van der Waals surface area contributed by atoms with Crippen molar-refractivity contribution < 1.29 is 24.2 Å². The molecule has 2 amide bonds. The van der Waals surface area contributed by atoms with Gasteiger partial charge in [0.05, 0.1) is 0 Å². The van der Waals surface area contributed by atoms with Gasteiger partial charge >= 0.3 is 12.1 Å². The molecule has 0 heterocycles. The number of carboxylic acid groups (broad SMARTS) is 1. The molecule has 170 valence electrons. The number of benzene rings is 2. The van der Waals surface area contributed by atoms with E-state index in [9.17, 15) is 14.4 Å². The molecule has 0 fully saturated rings. The summed E-state index contributed by atoms with van der Waals surface area (Å²) in [6.07, 6.45) is 0.205. The maximum absolute atomic E-state index is 12.5. The highest BCUT2D eigenvalue weighted by Gasteiger charge is 2.30. The van der Waals surface area contributed by atoms with Crippen molar-refractivity contribution in [2.24, 2.45) is 0 Å². The fourth-order valence-corrected chi connectivity index (χ4v) is 4.00. The molecular weight excluding hydrogens is 408 g/mol. The standard InChI is InChI=1S/C25H30N2O5/c1-4-21(23(29)30)26-22(28)13-14-25(2,3)27-24(31)32-15-20-18-11-7-5-9-16(18)17-10-6-8-12-19(17)20/h5-12,20-21H,4,13-15H2,1-3H3,(H,26,28)(H,27,31)(H,29,30)/t21-/m0/s1. The predicted molar refractivity (Wildman–Crippen MR) is 121 cm³/mol. The van der Waals surface area contributed by atoms with Gasteiger partial charge in [-0.3, -0.25) is 4.79 Å². The van der Waals surface area contributed by atoms with Gasteiger partial charge in [0.15, 0.2) is 0 Å². The molecule has 0 saturated carbocycles. The van der Waals surface area contributed by atoms with Gasteiger partial charge in [0.1, 0.15) is 12.6 Å². The fraction of sp³-hybridized carbons (Fsp3) is 0.400. The highest BCUT2D eigenvalue weighted by atomic mass is 16.5. The molecule has 0 saturated heterocycles. The molecule has 0 radical (unpaired) electrons. The maximum Gasteiger partial charge on any atom is 0.407 e. The Balaban J connectivity index is 1.53. The number of fused-ring (bicyclic) bond motifs is 3. The zero-order valence-electron chi connectivity index (χ0n) is 18.7. The molecule has 7 heteroatoms. The number of aliphatic carboxylic acids is 1. The Morgan fingerprint density at radius 1 is 1.03 bits per heavy atom. The van der Waals surface area contributed by atoms with Crippen LogP contribution >= 0.6 is 0 Å². The SMILES string of the molecule is CC[C@H](NC(=O)CCC(C)(C)NC(=O)OCC1c2ccccc2-c2ccccc21)C(=O)O. The highest BCUT2D eigenvalue weighted by molar-refractivity contribution is 5.83. The van der Waals surface area contributed by atoms with Gasteiger partial charge in [0, 0.05) is 17.9 Å². The zero-order chi connectivity index (χ0) is 23.3. The van der Waals surface area contributed by atoms with Crippen LogP contribution < -0.4 is 10.6 Å². The number of hydrogen-bond donors (Lipinski definition) is 3. The number of alkyl carbamates (subject to hydrolysis) is 1. The molecule has 1 atom stereocenters. The lowest BCUT2D eigenvalue weighted by atomic mass is 9.98. The number of rotatable bonds is 9. The number of hydrogen-bond acceptors (Lipinski definition) is 4. The first-order valence-electron chi connectivity index (χ1n) is 10.9. The molecule has 7 nitrogen and oxygen atoms in total. The largest absolute Gasteiger partial charge is 0.480 e. The monoisotopic (exact) mass is 438 g/mol. The van der Waals surface area contributed by atoms with Gasteiger partial charge in [-0.25, -0.2) is 9.59 Å². The van der Waals surface area contributed by atoms with Crippen LogP contribution in [0.25, 0.3) is 11.1 Å². The van der Waals surface area contributed by atoms with Crippen molar-refractivity contribution in [1.82, 2.24) is 10.6 Å². The molecule has 2 aromatic rings. The molecular formula is C25H30N2O5. The van der Waals surface area contributed by atoms with E-state index in [2.05, 4.69) is 34.9 Å². The van der Waals surface area contributed by atoms with Crippen LogP contribution in [0.3, 0.4) is 0 Å². The van der Waals surface area contributed by atoms with E-state index in [1.165, 1.54) is 0 Å². The summed E-state index contributed by atoms with van der Waals surface area (Å²) in [4.78, 5) is 35.6. The minimum Gasteiger partial charge on any atom is -0.480 e. The first-order chi connectivity index (χ1) is 15.2. The minimum absolute atomic E-state index is 0.0240. The second kappa shape index (κ2) is 9.85. The molecule has 3 N–H and O–H groups in total. The molecule has 2 aromatic carbocycles. The van der Waals surface area contributed by atoms with Crippen LogP contribution in [-0.4, -0.2) is 41.3 Å². The predicted octanol–water partition coefficient (Wildman–Crippen LogP) is 4.06. The summed E-state index contributed by atoms with van der Waals surface area (Å²) >= 11 is 0. The smallest absolute Gasteiger partial charge is 0.407 e. The van der Waals surface area contributed by atoms with Gasteiger partial charge in [-0.15, -0.1) is 0 Å². The fourth-order valence-electron chi connectivity index (χ4n) is 4.00. The van der Waals surface area contributed by atoms with Gasteiger partial charge < -0.3 is 20.5 Å². The zero-order valence-corrected chi connectivity index (χ0v) is 18.7. The summed E-state index contributed by atoms with van der Waals surface area (Å²) in [5, 5.41) is 14.4. The summed E-state index contributed by atoms with van der Waals surface area (Å²) in [6, 6.07) is 15.4.